The van der Waals surface area contributed by atoms with Crippen molar-refractivity contribution < 1.29 is 14.3 Å². The molecular weight excluding hydrogens is 168 g/mol. The molecular formula is C10H14O3. The van der Waals surface area contributed by atoms with Crippen molar-refractivity contribution in [1.29, 1.82) is 0 Å². The summed E-state index contributed by atoms with van der Waals surface area (Å²) in [6.07, 6.45) is 5.05. The summed E-state index contributed by atoms with van der Waals surface area (Å²) in [6, 6.07) is 0. The van der Waals surface area contributed by atoms with Crippen molar-refractivity contribution >= 4 is 11.8 Å². The molecule has 2 atom stereocenters. The maximum absolute atomic E-state index is 11.2. The summed E-state index contributed by atoms with van der Waals surface area (Å²) in [5.74, 6) is -0.331. The van der Waals surface area contributed by atoms with Gasteiger partial charge in [0, 0.05) is 5.92 Å². The second-order valence-corrected chi connectivity index (χ2v) is 3.34. The van der Waals surface area contributed by atoms with Crippen molar-refractivity contribution in [2.75, 3.05) is 7.11 Å². The number of allylic oxidation sites excluding steroid dienone is 2. The van der Waals surface area contributed by atoms with Crippen LogP contribution < -0.4 is 0 Å². The Labute approximate surface area is 77.8 Å². The molecule has 3 nitrogen and oxygen atoms in total. The number of hydrogen-bond acceptors (Lipinski definition) is 3. The number of ether oxygens (including phenoxy) is 1. The molecule has 3 heteroatoms. The third-order valence-electron chi connectivity index (χ3n) is 2.38. The predicted octanol–water partition coefficient (Wildman–Crippen LogP) is 1.33. The molecule has 72 valence electrons. The summed E-state index contributed by atoms with van der Waals surface area (Å²) in [5, 5.41) is 0. The van der Waals surface area contributed by atoms with Gasteiger partial charge in [-0.05, 0) is 19.8 Å². The van der Waals surface area contributed by atoms with E-state index in [0.29, 0.717) is 12.8 Å². The van der Waals surface area contributed by atoms with Gasteiger partial charge in [0.1, 0.15) is 5.78 Å². The average molecular weight is 182 g/mol. The van der Waals surface area contributed by atoms with Gasteiger partial charge in [-0.1, -0.05) is 12.2 Å². The maximum Gasteiger partial charge on any atom is 0.309 e. The van der Waals surface area contributed by atoms with E-state index in [4.69, 9.17) is 0 Å². The summed E-state index contributed by atoms with van der Waals surface area (Å²) >= 11 is 0. The van der Waals surface area contributed by atoms with Crippen molar-refractivity contribution in [2.45, 2.75) is 19.8 Å². The van der Waals surface area contributed by atoms with Crippen LogP contribution in [0.4, 0.5) is 0 Å². The van der Waals surface area contributed by atoms with Crippen LogP contribution in [0.1, 0.15) is 19.8 Å². The SMILES string of the molecule is COC(=O)[C@@H]1CC=C[C@@H](C(C)=O)C1. The van der Waals surface area contributed by atoms with E-state index in [-0.39, 0.29) is 23.6 Å². The number of carbonyl (C=O) groups is 2. The van der Waals surface area contributed by atoms with E-state index in [1.165, 1.54) is 7.11 Å². The Balaban J connectivity index is 2.60. The van der Waals surface area contributed by atoms with Gasteiger partial charge in [0.05, 0.1) is 13.0 Å². The van der Waals surface area contributed by atoms with E-state index in [1.807, 2.05) is 12.2 Å². The van der Waals surface area contributed by atoms with E-state index < -0.39 is 0 Å². The lowest BCUT2D eigenvalue weighted by atomic mass is 9.85. The van der Waals surface area contributed by atoms with Crippen molar-refractivity contribution in [1.82, 2.24) is 0 Å². The Morgan fingerprint density at radius 1 is 1.46 bits per heavy atom. The lowest BCUT2D eigenvalue weighted by Gasteiger charge is -2.20. The molecule has 1 rings (SSSR count). The number of esters is 1. The quantitative estimate of drug-likeness (QED) is 0.478. The van der Waals surface area contributed by atoms with Gasteiger partial charge in [0.2, 0.25) is 0 Å². The van der Waals surface area contributed by atoms with Crippen LogP contribution >= 0.6 is 0 Å². The summed E-state index contributed by atoms with van der Waals surface area (Å²) in [5.41, 5.74) is 0. The minimum atomic E-state index is -0.212. The molecule has 0 saturated carbocycles. The third kappa shape index (κ3) is 2.41. The molecule has 0 fully saturated rings. The summed E-state index contributed by atoms with van der Waals surface area (Å²) in [6.45, 7) is 1.55. The van der Waals surface area contributed by atoms with Crippen molar-refractivity contribution in [3.63, 3.8) is 0 Å². The highest BCUT2D eigenvalue weighted by Crippen LogP contribution is 2.24. The smallest absolute Gasteiger partial charge is 0.309 e. The van der Waals surface area contributed by atoms with Crippen LogP contribution in [0.25, 0.3) is 0 Å². The topological polar surface area (TPSA) is 43.4 Å². The number of ketones is 1. The molecule has 0 amide bonds. The number of methoxy groups -OCH3 is 1. The second-order valence-electron chi connectivity index (χ2n) is 3.34. The van der Waals surface area contributed by atoms with Crippen LogP contribution in [0, 0.1) is 11.8 Å². The monoisotopic (exact) mass is 182 g/mol. The molecule has 1 aliphatic carbocycles. The first-order valence-electron chi connectivity index (χ1n) is 4.40. The van der Waals surface area contributed by atoms with E-state index >= 15 is 0 Å². The molecule has 13 heavy (non-hydrogen) atoms. The predicted molar refractivity (Wildman–Crippen MR) is 48.1 cm³/mol. The zero-order chi connectivity index (χ0) is 9.84. The molecule has 0 heterocycles. The van der Waals surface area contributed by atoms with Gasteiger partial charge >= 0.3 is 5.97 Å². The Hall–Kier alpha value is -1.12. The number of Topliss-reactive ketones (excluding diaryl/α,β-unsaturated/α-hetero) is 1. The maximum atomic E-state index is 11.2. The largest absolute Gasteiger partial charge is 0.469 e. The van der Waals surface area contributed by atoms with Crippen molar-refractivity contribution in [3.8, 4) is 0 Å². The molecule has 0 radical (unpaired) electrons. The van der Waals surface area contributed by atoms with Crippen LogP contribution in [0.5, 0.6) is 0 Å². The molecule has 0 N–H and O–H groups in total. The van der Waals surface area contributed by atoms with E-state index in [9.17, 15) is 9.59 Å². The lowest BCUT2D eigenvalue weighted by Crippen LogP contribution is -2.24. The summed E-state index contributed by atoms with van der Waals surface area (Å²) in [4.78, 5) is 22.2. The Kier molecular flexibility index (Phi) is 3.23. The lowest BCUT2D eigenvalue weighted by molar-refractivity contribution is -0.146. The van der Waals surface area contributed by atoms with Crippen LogP contribution in [-0.2, 0) is 14.3 Å². The highest BCUT2D eigenvalue weighted by molar-refractivity contribution is 5.82. The van der Waals surface area contributed by atoms with Crippen LogP contribution in [0.3, 0.4) is 0 Å². The molecule has 0 aromatic carbocycles. The minimum Gasteiger partial charge on any atom is -0.469 e. The average Bonchev–Trinajstić information content (AvgIpc) is 2.17. The Bertz CT molecular complexity index is 243. The van der Waals surface area contributed by atoms with Gasteiger partial charge in [-0.25, -0.2) is 0 Å². The van der Waals surface area contributed by atoms with Crippen LogP contribution in [0.15, 0.2) is 12.2 Å². The first-order chi connectivity index (χ1) is 6.15. The zero-order valence-electron chi connectivity index (χ0n) is 7.95. The fourth-order valence-corrected chi connectivity index (χ4v) is 1.55. The van der Waals surface area contributed by atoms with Gasteiger partial charge in [-0.3, -0.25) is 9.59 Å². The van der Waals surface area contributed by atoms with Gasteiger partial charge in [0.15, 0.2) is 0 Å². The van der Waals surface area contributed by atoms with Gasteiger partial charge in [-0.2, -0.15) is 0 Å². The first-order valence-corrected chi connectivity index (χ1v) is 4.40. The highest BCUT2D eigenvalue weighted by Gasteiger charge is 2.26. The molecule has 1 aliphatic rings. The second kappa shape index (κ2) is 4.21. The van der Waals surface area contributed by atoms with Crippen LogP contribution in [-0.4, -0.2) is 18.9 Å². The van der Waals surface area contributed by atoms with Crippen molar-refractivity contribution in [3.05, 3.63) is 12.2 Å². The third-order valence-corrected chi connectivity index (χ3v) is 2.38. The molecule has 0 aliphatic heterocycles. The number of carbonyl (C=O) groups excluding carboxylic acids is 2. The molecule has 0 bridgehead atoms. The van der Waals surface area contributed by atoms with Gasteiger partial charge < -0.3 is 4.74 Å². The van der Waals surface area contributed by atoms with E-state index in [1.54, 1.807) is 6.92 Å². The highest BCUT2D eigenvalue weighted by atomic mass is 16.5. The van der Waals surface area contributed by atoms with Crippen molar-refractivity contribution in [2.24, 2.45) is 11.8 Å². The minimum absolute atomic E-state index is 0.0992. The number of rotatable bonds is 2. The Morgan fingerprint density at radius 2 is 2.15 bits per heavy atom. The summed E-state index contributed by atoms with van der Waals surface area (Å²) in [7, 11) is 1.38. The standard InChI is InChI=1S/C10H14O3/c1-7(11)8-4-3-5-9(6-8)10(12)13-2/h3-4,8-9H,5-6H2,1-2H3/t8-,9-/m1/s1. The molecule has 0 saturated heterocycles. The first kappa shape index (κ1) is 9.96. The fourth-order valence-electron chi connectivity index (χ4n) is 1.55. The van der Waals surface area contributed by atoms with Crippen LogP contribution in [0.2, 0.25) is 0 Å². The summed E-state index contributed by atoms with van der Waals surface area (Å²) < 4.78 is 4.63. The van der Waals surface area contributed by atoms with E-state index in [2.05, 4.69) is 4.74 Å². The molecule has 0 unspecified atom stereocenters. The normalized spacial score (nSPS) is 26.9. The fraction of sp³-hybridized carbons (Fsp3) is 0.600. The molecule has 0 aromatic rings. The molecule has 0 aromatic heterocycles. The zero-order valence-corrected chi connectivity index (χ0v) is 7.95. The van der Waals surface area contributed by atoms with Gasteiger partial charge in [0.25, 0.3) is 0 Å². The van der Waals surface area contributed by atoms with Gasteiger partial charge in [-0.15, -0.1) is 0 Å². The number of hydrogen-bond donors (Lipinski definition) is 0. The Morgan fingerprint density at radius 3 is 2.69 bits per heavy atom. The van der Waals surface area contributed by atoms with E-state index in [0.717, 1.165) is 0 Å². The molecule has 0 spiro atoms.